The number of carboxylic acids is 1. The third kappa shape index (κ3) is 4.74. The van der Waals surface area contributed by atoms with E-state index >= 15 is 0 Å². The molecule has 9 nitrogen and oxygen atoms in total. The summed E-state index contributed by atoms with van der Waals surface area (Å²) in [4.78, 5) is 46.0. The molecule has 9 heteroatoms. The minimum Gasteiger partial charge on any atom is -0.483 e. The second-order valence-electron chi connectivity index (χ2n) is 6.85. The van der Waals surface area contributed by atoms with Gasteiger partial charge in [-0.05, 0) is 50.3 Å². The molecule has 1 aromatic heterocycles. The van der Waals surface area contributed by atoms with Crippen molar-refractivity contribution >= 4 is 28.8 Å². The minimum atomic E-state index is -1.17. The van der Waals surface area contributed by atoms with E-state index in [4.69, 9.17) is 14.3 Å². The summed E-state index contributed by atoms with van der Waals surface area (Å²) in [5.74, 6) is -1.93. The average Bonchev–Trinajstić information content (AvgIpc) is 2.71. The first kappa shape index (κ1) is 20.4. The Morgan fingerprint density at radius 2 is 1.76 bits per heavy atom. The van der Waals surface area contributed by atoms with Crippen LogP contribution in [0.15, 0.2) is 21.3 Å². The van der Waals surface area contributed by atoms with Crippen molar-refractivity contribution in [2.24, 2.45) is 0 Å². The molecular formula is C20H22N2O7. The Morgan fingerprint density at radius 3 is 2.48 bits per heavy atom. The van der Waals surface area contributed by atoms with Crippen molar-refractivity contribution in [1.82, 2.24) is 10.6 Å². The molecule has 1 aromatic carbocycles. The van der Waals surface area contributed by atoms with Crippen LogP contribution >= 0.6 is 0 Å². The molecule has 154 valence electrons. The lowest BCUT2D eigenvalue weighted by molar-refractivity contribution is -0.137. The maximum Gasteiger partial charge on any atom is 0.339 e. The first-order valence-corrected chi connectivity index (χ1v) is 9.33. The molecule has 0 spiro atoms. The third-order valence-corrected chi connectivity index (χ3v) is 4.83. The number of carbonyl (C=O) groups is 3. The fraction of sp³-hybridized carbons (Fsp3) is 0.400. The Kier molecular flexibility index (Phi) is 6.16. The molecule has 0 unspecified atom stereocenters. The van der Waals surface area contributed by atoms with Crippen molar-refractivity contribution in [2.45, 2.75) is 32.6 Å². The minimum absolute atomic E-state index is 0.322. The molecule has 1 aliphatic carbocycles. The van der Waals surface area contributed by atoms with Crippen molar-refractivity contribution in [3.8, 4) is 5.75 Å². The molecule has 29 heavy (non-hydrogen) atoms. The number of benzene rings is 1. The van der Waals surface area contributed by atoms with Gasteiger partial charge >= 0.3 is 11.6 Å². The van der Waals surface area contributed by atoms with E-state index in [1.165, 1.54) is 0 Å². The maximum atomic E-state index is 12.3. The standard InChI is InChI=1S/C20H22N2O7/c1-11-15(28-10-17(24)21-8-16(23)22-9-18(25)26)7-6-13-12-4-2-3-5-14(12)20(27)29-19(11)13/h6-7H,2-5,8-10H2,1H3,(H,21,24)(H,22,23)(H,25,26). The van der Waals surface area contributed by atoms with E-state index < -0.39 is 24.3 Å². The Labute approximate surface area is 166 Å². The highest BCUT2D eigenvalue weighted by Gasteiger charge is 2.20. The smallest absolute Gasteiger partial charge is 0.339 e. The molecule has 2 aromatic rings. The number of hydrogen-bond acceptors (Lipinski definition) is 6. The van der Waals surface area contributed by atoms with Gasteiger partial charge in [0.05, 0.1) is 6.54 Å². The summed E-state index contributed by atoms with van der Waals surface area (Å²) in [5.41, 5.74) is 2.54. The Hall–Kier alpha value is -3.36. The lowest BCUT2D eigenvalue weighted by Crippen LogP contribution is -2.40. The second kappa shape index (κ2) is 8.76. The summed E-state index contributed by atoms with van der Waals surface area (Å²) in [6, 6.07) is 3.57. The van der Waals surface area contributed by atoms with Crippen LogP contribution in [0, 0.1) is 6.92 Å². The molecule has 0 saturated carbocycles. The molecule has 3 rings (SSSR count). The first-order chi connectivity index (χ1) is 13.9. The number of fused-ring (bicyclic) bond motifs is 3. The summed E-state index contributed by atoms with van der Waals surface area (Å²) in [6.07, 6.45) is 3.57. The molecule has 1 heterocycles. The van der Waals surface area contributed by atoms with E-state index in [1.807, 2.05) is 6.07 Å². The zero-order valence-electron chi connectivity index (χ0n) is 16.0. The summed E-state index contributed by atoms with van der Waals surface area (Å²) in [7, 11) is 0. The molecule has 0 atom stereocenters. The van der Waals surface area contributed by atoms with Crippen molar-refractivity contribution < 1.29 is 28.6 Å². The Morgan fingerprint density at radius 1 is 1.07 bits per heavy atom. The topological polar surface area (TPSA) is 135 Å². The van der Waals surface area contributed by atoms with Gasteiger partial charge < -0.3 is 24.9 Å². The van der Waals surface area contributed by atoms with Gasteiger partial charge in [-0.25, -0.2) is 4.79 Å². The quantitative estimate of drug-likeness (QED) is 0.580. The zero-order chi connectivity index (χ0) is 21.0. The molecule has 0 radical (unpaired) electrons. The number of aryl methyl sites for hydroxylation is 2. The molecule has 1 aliphatic rings. The van der Waals surface area contributed by atoms with Gasteiger partial charge in [0.2, 0.25) is 5.91 Å². The number of ether oxygens (including phenoxy) is 1. The van der Waals surface area contributed by atoms with Gasteiger partial charge in [0.15, 0.2) is 6.61 Å². The number of nitrogens with one attached hydrogen (secondary N) is 2. The van der Waals surface area contributed by atoms with Gasteiger partial charge in [-0.1, -0.05) is 0 Å². The highest BCUT2D eigenvalue weighted by atomic mass is 16.5. The number of carbonyl (C=O) groups excluding carboxylic acids is 2. The first-order valence-electron chi connectivity index (χ1n) is 9.33. The van der Waals surface area contributed by atoms with Crippen LogP contribution < -0.4 is 21.0 Å². The Bertz CT molecular complexity index is 1030. The van der Waals surface area contributed by atoms with Crippen LogP contribution in [-0.4, -0.2) is 42.6 Å². The van der Waals surface area contributed by atoms with Crippen LogP contribution in [0.1, 0.15) is 29.5 Å². The average molecular weight is 402 g/mol. The second-order valence-corrected chi connectivity index (χ2v) is 6.85. The molecule has 0 bridgehead atoms. The van der Waals surface area contributed by atoms with Gasteiger partial charge in [0, 0.05) is 16.5 Å². The number of hydrogen-bond donors (Lipinski definition) is 3. The summed E-state index contributed by atoms with van der Waals surface area (Å²) in [6.45, 7) is 0.546. The van der Waals surface area contributed by atoms with E-state index in [0.717, 1.165) is 42.2 Å². The summed E-state index contributed by atoms with van der Waals surface area (Å²) < 4.78 is 11.0. The predicted octanol–water partition coefficient (Wildman–Crippen LogP) is 0.676. The highest BCUT2D eigenvalue weighted by Crippen LogP contribution is 2.32. The zero-order valence-corrected chi connectivity index (χ0v) is 16.0. The largest absolute Gasteiger partial charge is 0.483 e. The van der Waals surface area contributed by atoms with Crippen molar-refractivity contribution in [2.75, 3.05) is 19.7 Å². The maximum absolute atomic E-state index is 12.3. The molecule has 0 aliphatic heterocycles. The summed E-state index contributed by atoms with van der Waals surface area (Å²) >= 11 is 0. The van der Waals surface area contributed by atoms with Gasteiger partial charge in [-0.3, -0.25) is 14.4 Å². The van der Waals surface area contributed by atoms with Crippen LogP contribution in [0.25, 0.3) is 11.0 Å². The Balaban J connectivity index is 1.66. The summed E-state index contributed by atoms with van der Waals surface area (Å²) in [5, 5.41) is 13.9. The molecule has 3 N–H and O–H groups in total. The van der Waals surface area contributed by atoms with Crippen LogP contribution in [0.5, 0.6) is 5.75 Å². The molecule has 2 amide bonds. The number of carboxylic acid groups (broad SMARTS) is 1. The molecule has 0 saturated heterocycles. The van der Waals surface area contributed by atoms with Gasteiger partial charge in [-0.2, -0.15) is 0 Å². The van der Waals surface area contributed by atoms with Crippen LogP contribution in [0.2, 0.25) is 0 Å². The number of aliphatic carboxylic acids is 1. The van der Waals surface area contributed by atoms with Crippen LogP contribution in [-0.2, 0) is 27.2 Å². The van der Waals surface area contributed by atoms with E-state index in [1.54, 1.807) is 13.0 Å². The van der Waals surface area contributed by atoms with E-state index in [2.05, 4.69) is 10.6 Å². The number of amides is 2. The van der Waals surface area contributed by atoms with Crippen molar-refractivity contribution in [3.63, 3.8) is 0 Å². The predicted molar refractivity (Wildman–Crippen MR) is 103 cm³/mol. The SMILES string of the molecule is Cc1c(OCC(=O)NCC(=O)NCC(=O)O)ccc2c3c(c(=O)oc12)CCCC3. The van der Waals surface area contributed by atoms with Crippen molar-refractivity contribution in [1.29, 1.82) is 0 Å². The monoisotopic (exact) mass is 402 g/mol. The van der Waals surface area contributed by atoms with Crippen LogP contribution in [0.4, 0.5) is 0 Å². The van der Waals surface area contributed by atoms with E-state index in [-0.39, 0.29) is 18.8 Å². The van der Waals surface area contributed by atoms with Gasteiger partial charge in [-0.15, -0.1) is 0 Å². The molecular weight excluding hydrogens is 380 g/mol. The van der Waals surface area contributed by atoms with E-state index in [0.29, 0.717) is 16.9 Å². The van der Waals surface area contributed by atoms with E-state index in [9.17, 15) is 19.2 Å². The normalized spacial score (nSPS) is 12.9. The number of rotatable bonds is 7. The van der Waals surface area contributed by atoms with Crippen molar-refractivity contribution in [3.05, 3.63) is 39.2 Å². The van der Waals surface area contributed by atoms with Gasteiger partial charge in [0.25, 0.3) is 5.91 Å². The van der Waals surface area contributed by atoms with Crippen LogP contribution in [0.3, 0.4) is 0 Å². The lowest BCUT2D eigenvalue weighted by Gasteiger charge is -2.18. The molecule has 0 fully saturated rings. The van der Waals surface area contributed by atoms with Gasteiger partial charge in [0.1, 0.15) is 17.9 Å². The third-order valence-electron chi connectivity index (χ3n) is 4.83. The lowest BCUT2D eigenvalue weighted by atomic mass is 9.90. The fourth-order valence-electron chi connectivity index (χ4n) is 3.39. The fourth-order valence-corrected chi connectivity index (χ4v) is 3.39. The highest BCUT2D eigenvalue weighted by molar-refractivity contribution is 5.88.